The van der Waals surface area contributed by atoms with E-state index in [1.54, 1.807) is 0 Å². The average Bonchev–Trinajstić information content (AvgIpc) is 2.38. The molecule has 0 unspecified atom stereocenters. The number of esters is 2. The van der Waals surface area contributed by atoms with Crippen molar-refractivity contribution in [1.82, 2.24) is 0 Å². The van der Waals surface area contributed by atoms with E-state index in [2.05, 4.69) is 4.74 Å². The Balaban J connectivity index is 2.61. The maximum atomic E-state index is 11.5. The van der Waals surface area contributed by atoms with Gasteiger partial charge in [0.15, 0.2) is 0 Å². The largest absolute Gasteiger partial charge is 0.465 e. The lowest BCUT2D eigenvalue weighted by Crippen LogP contribution is -2.08. The van der Waals surface area contributed by atoms with E-state index < -0.39 is 11.9 Å². The van der Waals surface area contributed by atoms with Crippen LogP contribution in [-0.2, 0) is 9.47 Å². The summed E-state index contributed by atoms with van der Waals surface area (Å²) in [6.45, 7) is 0.155. The molecular weight excluding hydrogens is 224 g/mol. The van der Waals surface area contributed by atoms with Gasteiger partial charge in [-0.3, -0.25) is 0 Å². The number of ether oxygens (including phenoxy) is 2. The molecule has 1 aromatic rings. The molecule has 5 nitrogen and oxygen atoms in total. The third kappa shape index (κ3) is 3.88. The highest BCUT2D eigenvalue weighted by molar-refractivity contribution is 5.93. The van der Waals surface area contributed by atoms with Gasteiger partial charge in [0.1, 0.15) is 0 Å². The van der Waals surface area contributed by atoms with E-state index in [1.165, 1.54) is 31.4 Å². The molecule has 92 valence electrons. The summed E-state index contributed by atoms with van der Waals surface area (Å²) in [4.78, 5) is 22.6. The fraction of sp³-hybridized carbons (Fsp3) is 0.333. The number of rotatable bonds is 5. The lowest BCUT2D eigenvalue weighted by atomic mass is 10.1. The third-order valence-electron chi connectivity index (χ3n) is 2.08. The molecule has 0 amide bonds. The SMILES string of the molecule is COC(=O)c1ccc(C(=O)OCCCO)cc1. The van der Waals surface area contributed by atoms with E-state index in [9.17, 15) is 9.59 Å². The van der Waals surface area contributed by atoms with Crippen molar-refractivity contribution < 1.29 is 24.2 Å². The Bertz CT molecular complexity index is 382. The topological polar surface area (TPSA) is 72.8 Å². The molecule has 17 heavy (non-hydrogen) atoms. The Morgan fingerprint density at radius 2 is 1.65 bits per heavy atom. The predicted octanol–water partition coefficient (Wildman–Crippen LogP) is 1.01. The molecule has 1 rings (SSSR count). The Morgan fingerprint density at radius 1 is 1.12 bits per heavy atom. The van der Waals surface area contributed by atoms with Gasteiger partial charge in [-0.15, -0.1) is 0 Å². The Kier molecular flexibility index (Phi) is 5.16. The van der Waals surface area contributed by atoms with Gasteiger partial charge in [-0.05, 0) is 24.3 Å². The zero-order valence-electron chi connectivity index (χ0n) is 9.51. The summed E-state index contributed by atoms with van der Waals surface area (Å²) in [7, 11) is 1.29. The second-order valence-electron chi connectivity index (χ2n) is 3.28. The summed E-state index contributed by atoms with van der Waals surface area (Å²) in [5.41, 5.74) is 0.731. The molecule has 0 bridgehead atoms. The normalized spacial score (nSPS) is 9.76. The maximum Gasteiger partial charge on any atom is 0.338 e. The van der Waals surface area contributed by atoms with Crippen molar-refractivity contribution in [1.29, 1.82) is 0 Å². The van der Waals surface area contributed by atoms with Crippen LogP contribution in [0.3, 0.4) is 0 Å². The van der Waals surface area contributed by atoms with E-state index in [1.807, 2.05) is 0 Å². The second-order valence-corrected chi connectivity index (χ2v) is 3.28. The smallest absolute Gasteiger partial charge is 0.338 e. The molecule has 0 aliphatic heterocycles. The van der Waals surface area contributed by atoms with E-state index in [4.69, 9.17) is 9.84 Å². The molecule has 0 fully saturated rings. The molecular formula is C12H14O5. The molecule has 0 aliphatic rings. The first-order chi connectivity index (χ1) is 8.19. The van der Waals surface area contributed by atoms with Gasteiger partial charge in [0.05, 0.1) is 24.8 Å². The first-order valence-corrected chi connectivity index (χ1v) is 5.15. The Labute approximate surface area is 99.0 Å². The molecule has 0 heterocycles. The van der Waals surface area contributed by atoms with Gasteiger partial charge in [0.25, 0.3) is 0 Å². The van der Waals surface area contributed by atoms with Crippen LogP contribution >= 0.6 is 0 Å². The van der Waals surface area contributed by atoms with Gasteiger partial charge in [-0.2, -0.15) is 0 Å². The van der Waals surface area contributed by atoms with Crippen LogP contribution in [0.1, 0.15) is 27.1 Å². The van der Waals surface area contributed by atoms with Gasteiger partial charge in [-0.1, -0.05) is 0 Å². The number of carbonyl (C=O) groups is 2. The van der Waals surface area contributed by atoms with Crippen molar-refractivity contribution in [2.24, 2.45) is 0 Å². The van der Waals surface area contributed by atoms with Crippen LogP contribution in [-0.4, -0.2) is 37.4 Å². The van der Waals surface area contributed by atoms with E-state index in [0.717, 1.165) is 0 Å². The van der Waals surface area contributed by atoms with Crippen molar-refractivity contribution in [2.75, 3.05) is 20.3 Å². The minimum Gasteiger partial charge on any atom is -0.465 e. The van der Waals surface area contributed by atoms with Gasteiger partial charge >= 0.3 is 11.9 Å². The zero-order chi connectivity index (χ0) is 12.7. The van der Waals surface area contributed by atoms with Crippen molar-refractivity contribution in [3.63, 3.8) is 0 Å². The molecule has 0 aromatic heterocycles. The van der Waals surface area contributed by atoms with Crippen LogP contribution in [0, 0.1) is 0 Å². The number of aliphatic hydroxyl groups excluding tert-OH is 1. The summed E-state index contributed by atoms with van der Waals surface area (Å²) in [5.74, 6) is -0.930. The fourth-order valence-electron chi connectivity index (χ4n) is 1.17. The van der Waals surface area contributed by atoms with Crippen LogP contribution in [0.2, 0.25) is 0 Å². The molecule has 0 saturated heterocycles. The highest BCUT2D eigenvalue weighted by Crippen LogP contribution is 2.07. The summed E-state index contributed by atoms with van der Waals surface area (Å²) >= 11 is 0. The minimum absolute atomic E-state index is 0.0193. The standard InChI is InChI=1S/C12H14O5/c1-16-11(14)9-3-5-10(6-4-9)12(15)17-8-2-7-13/h3-6,13H,2,7-8H2,1H3. The summed E-state index contributed by atoms with van der Waals surface area (Å²) in [6, 6.07) is 5.98. The van der Waals surface area contributed by atoms with E-state index in [0.29, 0.717) is 17.5 Å². The highest BCUT2D eigenvalue weighted by atomic mass is 16.5. The number of aliphatic hydroxyl groups is 1. The van der Waals surface area contributed by atoms with Crippen LogP contribution in [0.25, 0.3) is 0 Å². The lowest BCUT2D eigenvalue weighted by Gasteiger charge is -2.04. The molecule has 1 aromatic carbocycles. The number of carbonyl (C=O) groups excluding carboxylic acids is 2. The minimum atomic E-state index is -0.477. The number of benzene rings is 1. The third-order valence-corrected chi connectivity index (χ3v) is 2.08. The van der Waals surface area contributed by atoms with Crippen LogP contribution < -0.4 is 0 Å². The second kappa shape index (κ2) is 6.65. The van der Waals surface area contributed by atoms with E-state index in [-0.39, 0.29) is 13.2 Å². The molecule has 0 aliphatic carbocycles. The molecule has 0 spiro atoms. The molecule has 0 atom stereocenters. The molecule has 1 N–H and O–H groups in total. The van der Waals surface area contributed by atoms with Crippen LogP contribution in [0.4, 0.5) is 0 Å². The predicted molar refractivity (Wildman–Crippen MR) is 59.8 cm³/mol. The van der Waals surface area contributed by atoms with Gasteiger partial charge in [0.2, 0.25) is 0 Å². The summed E-state index contributed by atoms with van der Waals surface area (Å²) < 4.78 is 9.41. The van der Waals surface area contributed by atoms with Crippen molar-refractivity contribution in [2.45, 2.75) is 6.42 Å². The fourth-order valence-corrected chi connectivity index (χ4v) is 1.17. The van der Waals surface area contributed by atoms with E-state index >= 15 is 0 Å². The van der Waals surface area contributed by atoms with Gasteiger partial charge in [-0.25, -0.2) is 9.59 Å². The quantitative estimate of drug-likeness (QED) is 0.612. The van der Waals surface area contributed by atoms with Crippen molar-refractivity contribution in [3.8, 4) is 0 Å². The number of hydrogen-bond acceptors (Lipinski definition) is 5. The van der Waals surface area contributed by atoms with Gasteiger partial charge < -0.3 is 14.6 Å². The summed E-state index contributed by atoms with van der Waals surface area (Å²) in [6.07, 6.45) is 0.409. The van der Waals surface area contributed by atoms with Gasteiger partial charge in [0, 0.05) is 13.0 Å². The van der Waals surface area contributed by atoms with Crippen molar-refractivity contribution >= 4 is 11.9 Å². The average molecular weight is 238 g/mol. The van der Waals surface area contributed by atoms with Crippen LogP contribution in [0.15, 0.2) is 24.3 Å². The molecule has 0 saturated carbocycles. The zero-order valence-corrected chi connectivity index (χ0v) is 9.51. The Morgan fingerprint density at radius 3 is 2.12 bits per heavy atom. The Hall–Kier alpha value is -1.88. The monoisotopic (exact) mass is 238 g/mol. The lowest BCUT2D eigenvalue weighted by molar-refractivity contribution is 0.0480. The molecule has 0 radical (unpaired) electrons. The maximum absolute atomic E-state index is 11.5. The first-order valence-electron chi connectivity index (χ1n) is 5.15. The number of methoxy groups -OCH3 is 1. The van der Waals surface area contributed by atoms with Crippen molar-refractivity contribution in [3.05, 3.63) is 35.4 Å². The summed E-state index contributed by atoms with van der Waals surface area (Å²) in [5, 5.41) is 8.53. The highest BCUT2D eigenvalue weighted by Gasteiger charge is 2.09. The molecule has 5 heteroatoms. The first kappa shape index (κ1) is 13.2. The number of hydrogen-bond donors (Lipinski definition) is 1. The van der Waals surface area contributed by atoms with Crippen LogP contribution in [0.5, 0.6) is 0 Å².